The number of unbranched alkanes of at least 4 members (excludes halogenated alkanes) is 3. The van der Waals surface area contributed by atoms with Crippen molar-refractivity contribution in [1.82, 2.24) is 9.71 Å². The van der Waals surface area contributed by atoms with Crippen LogP contribution in [0.2, 0.25) is 0 Å². The molecule has 0 bridgehead atoms. The van der Waals surface area contributed by atoms with E-state index in [4.69, 9.17) is 5.84 Å². The lowest BCUT2D eigenvalue weighted by Gasteiger charge is -2.07. The Morgan fingerprint density at radius 1 is 1.33 bits per heavy atom. The number of hydrogen-bond acceptors (Lipinski definition) is 5. The van der Waals surface area contributed by atoms with Gasteiger partial charge in [-0.25, -0.2) is 24.0 Å². The molecule has 0 fully saturated rings. The highest BCUT2D eigenvalue weighted by Gasteiger charge is 2.13. The summed E-state index contributed by atoms with van der Waals surface area (Å²) in [4.78, 5) is 4.03. The summed E-state index contributed by atoms with van der Waals surface area (Å²) in [6, 6.07) is 2.84. The number of anilines is 1. The van der Waals surface area contributed by atoms with E-state index < -0.39 is 10.0 Å². The highest BCUT2D eigenvalue weighted by Crippen LogP contribution is 2.11. The van der Waals surface area contributed by atoms with E-state index in [2.05, 4.69) is 22.1 Å². The molecule has 0 aromatic carbocycles. The Balaban J connectivity index is 2.57. The van der Waals surface area contributed by atoms with E-state index >= 15 is 0 Å². The smallest absolute Gasteiger partial charge is 0.240 e. The van der Waals surface area contributed by atoms with Gasteiger partial charge in [0.05, 0.1) is 4.90 Å². The average molecular weight is 272 g/mol. The zero-order chi connectivity index (χ0) is 13.4. The van der Waals surface area contributed by atoms with Crippen LogP contribution >= 0.6 is 0 Å². The van der Waals surface area contributed by atoms with Gasteiger partial charge in [-0.15, -0.1) is 0 Å². The fourth-order valence-electron chi connectivity index (χ4n) is 1.50. The molecule has 102 valence electrons. The van der Waals surface area contributed by atoms with Crippen LogP contribution in [0.25, 0.3) is 0 Å². The van der Waals surface area contributed by atoms with Crippen LogP contribution in [0.5, 0.6) is 0 Å². The summed E-state index contributed by atoms with van der Waals surface area (Å²) in [5, 5.41) is 0. The lowest BCUT2D eigenvalue weighted by atomic mass is 10.2. The lowest BCUT2D eigenvalue weighted by molar-refractivity contribution is 0.573. The predicted octanol–water partition coefficient (Wildman–Crippen LogP) is 1.23. The van der Waals surface area contributed by atoms with Crippen LogP contribution in [-0.2, 0) is 10.0 Å². The van der Waals surface area contributed by atoms with E-state index in [1.807, 2.05) is 0 Å². The number of nitrogens with one attached hydrogen (secondary N) is 2. The molecule has 0 aliphatic carbocycles. The summed E-state index contributed by atoms with van der Waals surface area (Å²) in [6.07, 6.45) is 5.53. The molecule has 1 aromatic rings. The largest absolute Gasteiger partial charge is 0.308 e. The van der Waals surface area contributed by atoms with E-state index in [1.165, 1.54) is 18.3 Å². The summed E-state index contributed by atoms with van der Waals surface area (Å²) in [5.41, 5.74) is 2.32. The standard InChI is InChI=1S/C11H20N4O2S/c1-2-3-4-5-7-14-18(16,17)10-6-8-13-11(9-10)15-12/h6,8-9,14H,2-5,7,12H2,1H3,(H,13,15). The Bertz CT molecular complexity index is 462. The molecule has 4 N–H and O–H groups in total. The normalized spacial score (nSPS) is 11.4. The number of hydrazine groups is 1. The lowest BCUT2D eigenvalue weighted by Crippen LogP contribution is -2.25. The number of nitrogen functional groups attached to an aromatic ring is 1. The van der Waals surface area contributed by atoms with Crippen LogP contribution in [0.1, 0.15) is 32.6 Å². The molecule has 0 atom stereocenters. The molecule has 0 amide bonds. The maximum absolute atomic E-state index is 11.9. The first-order chi connectivity index (χ1) is 8.60. The number of sulfonamides is 1. The van der Waals surface area contributed by atoms with Crippen LogP contribution in [0.15, 0.2) is 23.2 Å². The number of aromatic nitrogens is 1. The highest BCUT2D eigenvalue weighted by molar-refractivity contribution is 7.89. The maximum Gasteiger partial charge on any atom is 0.240 e. The van der Waals surface area contributed by atoms with E-state index in [0.717, 1.165) is 25.7 Å². The van der Waals surface area contributed by atoms with E-state index in [9.17, 15) is 8.42 Å². The van der Waals surface area contributed by atoms with Gasteiger partial charge in [0.25, 0.3) is 0 Å². The topological polar surface area (TPSA) is 97.1 Å². The number of rotatable bonds is 8. The van der Waals surface area contributed by atoms with Crippen LogP contribution < -0.4 is 16.0 Å². The fraction of sp³-hybridized carbons (Fsp3) is 0.545. The molecular formula is C11H20N4O2S. The Kier molecular flexibility index (Phi) is 6.03. The molecule has 1 aromatic heterocycles. The summed E-state index contributed by atoms with van der Waals surface area (Å²) < 4.78 is 26.4. The summed E-state index contributed by atoms with van der Waals surface area (Å²) in [7, 11) is -3.47. The van der Waals surface area contributed by atoms with E-state index in [0.29, 0.717) is 12.4 Å². The molecular weight excluding hydrogens is 252 g/mol. The van der Waals surface area contributed by atoms with Crippen molar-refractivity contribution in [3.05, 3.63) is 18.3 Å². The molecule has 1 rings (SSSR count). The number of pyridine rings is 1. The van der Waals surface area contributed by atoms with Crippen molar-refractivity contribution >= 4 is 15.8 Å². The first kappa shape index (κ1) is 14.9. The zero-order valence-electron chi connectivity index (χ0n) is 10.5. The quantitative estimate of drug-likeness (QED) is 0.375. The van der Waals surface area contributed by atoms with Crippen molar-refractivity contribution in [2.24, 2.45) is 5.84 Å². The zero-order valence-corrected chi connectivity index (χ0v) is 11.3. The van der Waals surface area contributed by atoms with Crippen molar-refractivity contribution in [2.45, 2.75) is 37.5 Å². The van der Waals surface area contributed by atoms with E-state index in [1.54, 1.807) is 0 Å². The summed E-state index contributed by atoms with van der Waals surface area (Å²) in [5.74, 6) is 5.51. The predicted molar refractivity (Wildman–Crippen MR) is 71.4 cm³/mol. The van der Waals surface area contributed by atoms with Gasteiger partial charge in [-0.2, -0.15) is 0 Å². The van der Waals surface area contributed by atoms with Gasteiger partial charge in [0.2, 0.25) is 10.0 Å². The van der Waals surface area contributed by atoms with Crippen LogP contribution in [0, 0.1) is 0 Å². The Morgan fingerprint density at radius 3 is 2.78 bits per heavy atom. The summed E-state index contributed by atoms with van der Waals surface area (Å²) in [6.45, 7) is 2.57. The third-order valence-corrected chi connectivity index (χ3v) is 3.97. The third-order valence-electron chi connectivity index (χ3n) is 2.51. The maximum atomic E-state index is 11.9. The molecule has 6 nitrogen and oxygen atoms in total. The first-order valence-electron chi connectivity index (χ1n) is 6.02. The monoisotopic (exact) mass is 272 g/mol. The van der Waals surface area contributed by atoms with E-state index in [-0.39, 0.29) is 4.90 Å². The minimum atomic E-state index is -3.47. The highest BCUT2D eigenvalue weighted by atomic mass is 32.2. The molecule has 0 radical (unpaired) electrons. The van der Waals surface area contributed by atoms with Gasteiger partial charge in [-0.1, -0.05) is 26.2 Å². The molecule has 7 heteroatoms. The number of nitrogens with two attached hydrogens (primary N) is 1. The van der Waals surface area contributed by atoms with Gasteiger partial charge in [0.1, 0.15) is 5.82 Å². The van der Waals surface area contributed by atoms with Crippen LogP contribution in [0.3, 0.4) is 0 Å². The third kappa shape index (κ3) is 4.59. The first-order valence-corrected chi connectivity index (χ1v) is 7.51. The molecule has 0 aliphatic heterocycles. The van der Waals surface area contributed by atoms with Crippen molar-refractivity contribution in [1.29, 1.82) is 0 Å². The van der Waals surface area contributed by atoms with Crippen molar-refractivity contribution < 1.29 is 8.42 Å². The second-order valence-electron chi connectivity index (χ2n) is 3.98. The molecule has 0 saturated heterocycles. The van der Waals surface area contributed by atoms with Crippen LogP contribution in [-0.4, -0.2) is 19.9 Å². The van der Waals surface area contributed by atoms with Gasteiger partial charge in [-0.3, -0.25) is 0 Å². The molecule has 0 aliphatic rings. The minimum Gasteiger partial charge on any atom is -0.308 e. The molecule has 0 spiro atoms. The minimum absolute atomic E-state index is 0.168. The molecule has 18 heavy (non-hydrogen) atoms. The van der Waals surface area contributed by atoms with Crippen LogP contribution in [0.4, 0.5) is 5.82 Å². The van der Waals surface area contributed by atoms with Crippen molar-refractivity contribution in [3.8, 4) is 0 Å². The average Bonchev–Trinajstić information content (AvgIpc) is 2.38. The van der Waals surface area contributed by atoms with Crippen molar-refractivity contribution in [2.75, 3.05) is 12.0 Å². The number of nitrogens with zero attached hydrogens (tertiary/aromatic N) is 1. The van der Waals surface area contributed by atoms with Crippen molar-refractivity contribution in [3.63, 3.8) is 0 Å². The SMILES string of the molecule is CCCCCCNS(=O)(=O)c1ccnc(NN)c1. The Labute approximate surface area is 108 Å². The van der Waals surface area contributed by atoms with Gasteiger partial charge in [0, 0.05) is 18.8 Å². The second kappa shape index (κ2) is 7.30. The van der Waals surface area contributed by atoms with Gasteiger partial charge >= 0.3 is 0 Å². The Morgan fingerprint density at radius 2 is 2.11 bits per heavy atom. The second-order valence-corrected chi connectivity index (χ2v) is 5.75. The van der Waals surface area contributed by atoms with Gasteiger partial charge in [-0.05, 0) is 12.5 Å². The number of hydrogen-bond donors (Lipinski definition) is 3. The fourth-order valence-corrected chi connectivity index (χ4v) is 2.59. The Hall–Kier alpha value is -1.18. The molecule has 1 heterocycles. The molecule has 0 unspecified atom stereocenters. The molecule has 0 saturated carbocycles. The summed E-state index contributed by atoms with van der Waals surface area (Å²) >= 11 is 0. The van der Waals surface area contributed by atoms with Gasteiger partial charge < -0.3 is 5.43 Å². The van der Waals surface area contributed by atoms with Gasteiger partial charge in [0.15, 0.2) is 0 Å².